The smallest absolute Gasteiger partial charge is 0.280 e. The largest absolute Gasteiger partial charge is 0.336 e. The third-order valence-electron chi connectivity index (χ3n) is 4.68. The zero-order valence-electron chi connectivity index (χ0n) is 15.3. The molecule has 1 aliphatic rings. The molecule has 0 saturated carbocycles. The fraction of sp³-hybridized carbons (Fsp3) is 0.389. The van der Waals surface area contributed by atoms with Gasteiger partial charge < -0.3 is 9.42 Å². The van der Waals surface area contributed by atoms with Crippen molar-refractivity contribution in [1.29, 1.82) is 0 Å². The number of hydrogen-bond donors (Lipinski definition) is 0. The number of nitrogens with zero attached hydrogens (tertiary/aromatic N) is 6. The Bertz CT molecular complexity index is 1020. The van der Waals surface area contributed by atoms with E-state index in [-0.39, 0.29) is 23.4 Å². The van der Waals surface area contributed by atoms with Gasteiger partial charge in [0.2, 0.25) is 0 Å². The Kier molecular flexibility index (Phi) is 4.62. The average molecular weight is 388 g/mol. The minimum absolute atomic E-state index is 0.0806. The molecule has 1 amide bonds. The second kappa shape index (κ2) is 7.10. The summed E-state index contributed by atoms with van der Waals surface area (Å²) in [6.45, 7) is 4.79. The molecule has 0 spiro atoms. The number of hydrogen-bond acceptors (Lipinski definition) is 6. The summed E-state index contributed by atoms with van der Waals surface area (Å²) in [6.07, 6.45) is 2.37. The zero-order valence-corrected chi connectivity index (χ0v) is 15.3. The van der Waals surface area contributed by atoms with Crippen LogP contribution < -0.4 is 0 Å². The highest BCUT2D eigenvalue weighted by Crippen LogP contribution is 2.25. The second-order valence-electron chi connectivity index (χ2n) is 7.02. The van der Waals surface area contributed by atoms with Gasteiger partial charge >= 0.3 is 0 Å². The molecule has 1 aromatic carbocycles. The summed E-state index contributed by atoms with van der Waals surface area (Å²) in [5, 5.41) is 12.1. The van der Waals surface area contributed by atoms with Gasteiger partial charge in [0, 0.05) is 24.6 Å². The van der Waals surface area contributed by atoms with Crippen molar-refractivity contribution in [2.24, 2.45) is 0 Å². The number of halogens is 2. The maximum absolute atomic E-state index is 13.4. The summed E-state index contributed by atoms with van der Waals surface area (Å²) in [5.74, 6) is -1.34. The number of benzene rings is 1. The molecule has 146 valence electrons. The third kappa shape index (κ3) is 3.37. The molecule has 3 aromatic rings. The number of likely N-dealkylation sites (tertiary alicyclic amines) is 1. The van der Waals surface area contributed by atoms with Gasteiger partial charge in [0.05, 0.1) is 12.2 Å². The van der Waals surface area contributed by atoms with Gasteiger partial charge in [0.15, 0.2) is 23.2 Å². The van der Waals surface area contributed by atoms with Crippen LogP contribution in [-0.4, -0.2) is 49.0 Å². The summed E-state index contributed by atoms with van der Waals surface area (Å²) in [4.78, 5) is 18.4. The second-order valence-corrected chi connectivity index (χ2v) is 7.02. The highest BCUT2D eigenvalue weighted by Gasteiger charge is 2.29. The van der Waals surface area contributed by atoms with Gasteiger partial charge in [0.25, 0.3) is 11.8 Å². The van der Waals surface area contributed by atoms with Gasteiger partial charge in [-0.2, -0.15) is 4.98 Å². The van der Waals surface area contributed by atoms with Gasteiger partial charge in [-0.25, -0.2) is 13.5 Å². The zero-order chi connectivity index (χ0) is 19.8. The lowest BCUT2D eigenvalue weighted by Gasteiger charge is -2.16. The molecule has 10 heteroatoms. The molecule has 0 radical (unpaired) electrons. The van der Waals surface area contributed by atoms with Gasteiger partial charge in [-0.3, -0.25) is 4.79 Å². The topological polar surface area (TPSA) is 89.9 Å². The van der Waals surface area contributed by atoms with Gasteiger partial charge in [-0.15, -0.1) is 5.10 Å². The molecule has 1 fully saturated rings. The third-order valence-corrected chi connectivity index (χ3v) is 4.68. The van der Waals surface area contributed by atoms with E-state index in [0.29, 0.717) is 36.9 Å². The van der Waals surface area contributed by atoms with Crippen LogP contribution in [0.2, 0.25) is 0 Å². The van der Waals surface area contributed by atoms with Crippen LogP contribution in [0, 0.1) is 11.6 Å². The van der Waals surface area contributed by atoms with Crippen LogP contribution in [-0.2, 0) is 0 Å². The predicted octanol–water partition coefficient (Wildman–Crippen LogP) is 2.82. The van der Waals surface area contributed by atoms with E-state index in [9.17, 15) is 13.6 Å². The predicted molar refractivity (Wildman–Crippen MR) is 93.3 cm³/mol. The summed E-state index contributed by atoms with van der Waals surface area (Å²) in [5.41, 5.74) is 0.579. The minimum atomic E-state index is -1.04. The van der Waals surface area contributed by atoms with Crippen LogP contribution in [0.4, 0.5) is 8.78 Å². The molecule has 1 saturated heterocycles. The molecule has 1 aliphatic heterocycles. The normalized spacial score (nSPS) is 16.9. The molecule has 8 nitrogen and oxygen atoms in total. The number of carbonyl (C=O) groups excluding carboxylic acids is 1. The molecule has 3 heterocycles. The number of amides is 1. The Morgan fingerprint density at radius 2 is 2.11 bits per heavy atom. The van der Waals surface area contributed by atoms with E-state index in [1.54, 1.807) is 15.8 Å². The summed E-state index contributed by atoms with van der Waals surface area (Å²) >= 11 is 0. The standard InChI is InChI=1S/C18H18F2N6O2/c1-10(2)16-21-17(28-23-16)15-9-26(24-22-15)12-5-6-25(8-12)18(27)11-3-4-13(19)14(20)7-11/h3-4,7,9-10,12H,5-6,8H2,1-2H3. The van der Waals surface area contributed by atoms with Crippen molar-refractivity contribution in [1.82, 2.24) is 30.0 Å². The van der Waals surface area contributed by atoms with E-state index < -0.39 is 11.6 Å². The molecule has 1 unspecified atom stereocenters. The Hall–Kier alpha value is -3.17. The van der Waals surface area contributed by atoms with Crippen LogP contribution in [0.5, 0.6) is 0 Å². The van der Waals surface area contributed by atoms with Crippen molar-refractivity contribution in [2.75, 3.05) is 13.1 Å². The van der Waals surface area contributed by atoms with E-state index in [4.69, 9.17) is 4.52 Å². The van der Waals surface area contributed by atoms with E-state index in [1.165, 1.54) is 6.07 Å². The molecule has 1 atom stereocenters. The lowest BCUT2D eigenvalue weighted by molar-refractivity contribution is 0.0786. The summed E-state index contributed by atoms with van der Waals surface area (Å²) in [7, 11) is 0. The van der Waals surface area contributed by atoms with Crippen molar-refractivity contribution in [3.8, 4) is 11.6 Å². The van der Waals surface area contributed by atoms with Crippen LogP contribution in [0.1, 0.15) is 48.4 Å². The SMILES string of the molecule is CC(C)c1noc(-c2cn(C3CCN(C(=O)c4ccc(F)c(F)c4)C3)nn2)n1. The summed E-state index contributed by atoms with van der Waals surface area (Å²) < 4.78 is 33.3. The highest BCUT2D eigenvalue weighted by atomic mass is 19.2. The van der Waals surface area contributed by atoms with Crippen molar-refractivity contribution in [2.45, 2.75) is 32.2 Å². The highest BCUT2D eigenvalue weighted by molar-refractivity contribution is 5.94. The van der Waals surface area contributed by atoms with Crippen LogP contribution in [0.25, 0.3) is 11.6 Å². The molecule has 0 N–H and O–H groups in total. The molecule has 2 aromatic heterocycles. The molecule has 0 aliphatic carbocycles. The fourth-order valence-electron chi connectivity index (χ4n) is 3.08. The molecule has 4 rings (SSSR count). The molecule has 28 heavy (non-hydrogen) atoms. The lowest BCUT2D eigenvalue weighted by atomic mass is 10.2. The van der Waals surface area contributed by atoms with Gasteiger partial charge in [0.1, 0.15) is 0 Å². The fourth-order valence-corrected chi connectivity index (χ4v) is 3.08. The molecular formula is C18H18F2N6O2. The number of rotatable bonds is 4. The maximum Gasteiger partial charge on any atom is 0.280 e. The lowest BCUT2D eigenvalue weighted by Crippen LogP contribution is -2.29. The van der Waals surface area contributed by atoms with Crippen molar-refractivity contribution < 1.29 is 18.1 Å². The van der Waals surface area contributed by atoms with Crippen LogP contribution >= 0.6 is 0 Å². The van der Waals surface area contributed by atoms with E-state index in [2.05, 4.69) is 20.5 Å². The monoisotopic (exact) mass is 388 g/mol. The van der Waals surface area contributed by atoms with Gasteiger partial charge in [-0.1, -0.05) is 24.2 Å². The molecule has 0 bridgehead atoms. The first-order chi connectivity index (χ1) is 13.4. The van der Waals surface area contributed by atoms with Crippen LogP contribution in [0.15, 0.2) is 28.9 Å². The van der Waals surface area contributed by atoms with E-state index in [0.717, 1.165) is 12.1 Å². The van der Waals surface area contributed by atoms with Crippen molar-refractivity contribution in [3.63, 3.8) is 0 Å². The Labute approximate surface area is 159 Å². The van der Waals surface area contributed by atoms with Crippen molar-refractivity contribution in [3.05, 3.63) is 47.4 Å². The van der Waals surface area contributed by atoms with E-state index >= 15 is 0 Å². The minimum Gasteiger partial charge on any atom is -0.336 e. The number of carbonyl (C=O) groups is 1. The maximum atomic E-state index is 13.4. The first-order valence-electron chi connectivity index (χ1n) is 8.92. The quantitative estimate of drug-likeness (QED) is 0.683. The molecular weight excluding hydrogens is 370 g/mol. The first kappa shape index (κ1) is 18.2. The van der Waals surface area contributed by atoms with Crippen molar-refractivity contribution >= 4 is 5.91 Å². The Balaban J connectivity index is 1.46. The Morgan fingerprint density at radius 3 is 2.82 bits per heavy atom. The van der Waals surface area contributed by atoms with Crippen LogP contribution in [0.3, 0.4) is 0 Å². The average Bonchev–Trinajstić information content (AvgIpc) is 3.42. The van der Waals surface area contributed by atoms with E-state index in [1.807, 2.05) is 13.8 Å². The number of aromatic nitrogens is 5. The van der Waals surface area contributed by atoms with Gasteiger partial charge in [-0.05, 0) is 24.6 Å². The summed E-state index contributed by atoms with van der Waals surface area (Å²) in [6, 6.07) is 3.07. The Morgan fingerprint density at radius 1 is 1.29 bits per heavy atom. The first-order valence-corrected chi connectivity index (χ1v) is 8.92.